The minimum Gasteiger partial charge on any atom is -0.484 e. The van der Waals surface area contributed by atoms with Crippen LogP contribution >= 0.6 is 0 Å². The van der Waals surface area contributed by atoms with Crippen molar-refractivity contribution >= 4 is 11.9 Å². The predicted molar refractivity (Wildman–Crippen MR) is 82.7 cm³/mol. The van der Waals surface area contributed by atoms with Gasteiger partial charge in [-0.2, -0.15) is 0 Å². The summed E-state index contributed by atoms with van der Waals surface area (Å²) < 4.78 is 10.3. The molecule has 5 nitrogen and oxygen atoms in total. The number of amides is 1. The number of esters is 1. The Kier molecular flexibility index (Phi) is 5.41. The number of aryl methyl sites for hydroxylation is 2. The van der Waals surface area contributed by atoms with Crippen molar-refractivity contribution in [1.82, 2.24) is 4.90 Å². The van der Waals surface area contributed by atoms with Crippen molar-refractivity contribution in [3.63, 3.8) is 0 Å². The van der Waals surface area contributed by atoms with E-state index >= 15 is 0 Å². The Morgan fingerprint density at radius 3 is 2.27 bits per heavy atom. The molecule has 0 N–H and O–H groups in total. The quantitative estimate of drug-likeness (QED) is 0.799. The molecule has 0 aliphatic carbocycles. The Bertz CT molecular complexity index is 527. The van der Waals surface area contributed by atoms with Gasteiger partial charge in [0.05, 0.1) is 13.0 Å². The standard InChI is InChI=1S/C17H23NO4/c1-12-8-13(2)10-15(9-12)22-11-16(19)18-6-4-14(5-7-18)17(20)21-3/h8-10,14H,4-7,11H2,1-3H3. The van der Waals surface area contributed by atoms with Gasteiger partial charge in [-0.3, -0.25) is 9.59 Å². The largest absolute Gasteiger partial charge is 0.484 e. The highest BCUT2D eigenvalue weighted by atomic mass is 16.5. The first kappa shape index (κ1) is 16.3. The van der Waals surface area contributed by atoms with Crippen LogP contribution in [0.15, 0.2) is 18.2 Å². The number of piperidine rings is 1. The molecule has 1 aromatic carbocycles. The number of rotatable bonds is 4. The van der Waals surface area contributed by atoms with Gasteiger partial charge < -0.3 is 14.4 Å². The molecule has 5 heteroatoms. The van der Waals surface area contributed by atoms with Crippen LogP contribution in [0.3, 0.4) is 0 Å². The van der Waals surface area contributed by atoms with Crippen LogP contribution in [-0.4, -0.2) is 43.6 Å². The highest BCUT2D eigenvalue weighted by Gasteiger charge is 2.27. The lowest BCUT2D eigenvalue weighted by Gasteiger charge is -2.30. The normalized spacial score (nSPS) is 15.5. The minimum atomic E-state index is -0.182. The molecule has 120 valence electrons. The van der Waals surface area contributed by atoms with E-state index in [2.05, 4.69) is 6.07 Å². The van der Waals surface area contributed by atoms with Gasteiger partial charge >= 0.3 is 5.97 Å². The lowest BCUT2D eigenvalue weighted by atomic mass is 9.97. The lowest BCUT2D eigenvalue weighted by Crippen LogP contribution is -2.42. The molecule has 1 aliphatic rings. The average molecular weight is 305 g/mol. The predicted octanol–water partition coefficient (Wildman–Crippen LogP) is 2.09. The first-order valence-electron chi connectivity index (χ1n) is 7.56. The van der Waals surface area contributed by atoms with Gasteiger partial charge in [0, 0.05) is 13.1 Å². The molecule has 0 bridgehead atoms. The summed E-state index contributed by atoms with van der Waals surface area (Å²) in [4.78, 5) is 25.4. The number of carbonyl (C=O) groups excluding carboxylic acids is 2. The molecule has 1 saturated heterocycles. The van der Waals surface area contributed by atoms with Gasteiger partial charge in [-0.05, 0) is 49.9 Å². The summed E-state index contributed by atoms with van der Waals surface area (Å²) in [6.07, 6.45) is 1.31. The second-order valence-corrected chi connectivity index (χ2v) is 5.79. The zero-order chi connectivity index (χ0) is 16.1. The maximum Gasteiger partial charge on any atom is 0.308 e. The van der Waals surface area contributed by atoms with Crippen molar-refractivity contribution in [3.8, 4) is 5.75 Å². The molecule has 2 rings (SSSR count). The summed E-state index contributed by atoms with van der Waals surface area (Å²) in [6.45, 7) is 5.19. The number of hydrogen-bond donors (Lipinski definition) is 0. The lowest BCUT2D eigenvalue weighted by molar-refractivity contribution is -0.149. The monoisotopic (exact) mass is 305 g/mol. The van der Waals surface area contributed by atoms with Crippen LogP contribution in [0.25, 0.3) is 0 Å². The Labute approximate surface area is 131 Å². The first-order chi connectivity index (χ1) is 10.5. The zero-order valence-corrected chi connectivity index (χ0v) is 13.4. The van der Waals surface area contributed by atoms with Crippen LogP contribution in [0, 0.1) is 19.8 Å². The SMILES string of the molecule is COC(=O)C1CCN(C(=O)COc2cc(C)cc(C)c2)CC1. The molecular weight excluding hydrogens is 282 g/mol. The van der Waals surface area contributed by atoms with Crippen molar-refractivity contribution in [1.29, 1.82) is 0 Å². The number of benzene rings is 1. The number of hydrogen-bond acceptors (Lipinski definition) is 4. The first-order valence-corrected chi connectivity index (χ1v) is 7.56. The molecule has 0 radical (unpaired) electrons. The third-order valence-corrected chi connectivity index (χ3v) is 3.94. The van der Waals surface area contributed by atoms with Gasteiger partial charge in [0.25, 0.3) is 5.91 Å². The summed E-state index contributed by atoms with van der Waals surface area (Å²) in [5.74, 6) is 0.408. The summed E-state index contributed by atoms with van der Waals surface area (Å²) >= 11 is 0. The van der Waals surface area contributed by atoms with Gasteiger partial charge in [0.1, 0.15) is 5.75 Å². The van der Waals surface area contributed by atoms with Crippen LogP contribution in [0.5, 0.6) is 5.75 Å². The molecule has 1 fully saturated rings. The molecule has 0 unspecified atom stereocenters. The summed E-state index contributed by atoms with van der Waals surface area (Å²) in [7, 11) is 1.40. The van der Waals surface area contributed by atoms with Gasteiger partial charge in [-0.25, -0.2) is 0 Å². The third kappa shape index (κ3) is 4.23. The zero-order valence-electron chi connectivity index (χ0n) is 13.4. The van der Waals surface area contributed by atoms with E-state index in [0.717, 1.165) is 16.9 Å². The van der Waals surface area contributed by atoms with E-state index in [1.165, 1.54) is 7.11 Å². The summed E-state index contributed by atoms with van der Waals surface area (Å²) in [5, 5.41) is 0. The maximum atomic E-state index is 12.2. The fraction of sp³-hybridized carbons (Fsp3) is 0.529. The molecule has 0 saturated carbocycles. The van der Waals surface area contributed by atoms with Crippen molar-refractivity contribution in [3.05, 3.63) is 29.3 Å². The van der Waals surface area contributed by atoms with E-state index in [0.29, 0.717) is 25.9 Å². The molecular formula is C17H23NO4. The van der Waals surface area contributed by atoms with Gasteiger partial charge in [0.2, 0.25) is 0 Å². The van der Waals surface area contributed by atoms with Crippen LogP contribution in [0.1, 0.15) is 24.0 Å². The molecule has 1 aromatic rings. The molecule has 0 atom stereocenters. The second kappa shape index (κ2) is 7.29. The number of nitrogens with zero attached hydrogens (tertiary/aromatic N) is 1. The van der Waals surface area contributed by atoms with E-state index in [9.17, 15) is 9.59 Å². The highest BCUT2D eigenvalue weighted by Crippen LogP contribution is 2.19. The molecule has 0 aromatic heterocycles. The van der Waals surface area contributed by atoms with Crippen LogP contribution in [0.2, 0.25) is 0 Å². The Hall–Kier alpha value is -2.04. The minimum absolute atomic E-state index is 0.0335. The number of carbonyl (C=O) groups is 2. The van der Waals surface area contributed by atoms with Crippen molar-refractivity contribution in [2.75, 3.05) is 26.8 Å². The van der Waals surface area contributed by atoms with Crippen molar-refractivity contribution in [2.24, 2.45) is 5.92 Å². The molecule has 1 heterocycles. The highest BCUT2D eigenvalue weighted by molar-refractivity contribution is 5.78. The Morgan fingerprint density at radius 2 is 1.73 bits per heavy atom. The van der Waals surface area contributed by atoms with Crippen LogP contribution < -0.4 is 4.74 Å². The van der Waals surface area contributed by atoms with E-state index < -0.39 is 0 Å². The number of methoxy groups -OCH3 is 1. The summed E-state index contributed by atoms with van der Waals surface area (Å²) in [6, 6.07) is 5.90. The second-order valence-electron chi connectivity index (χ2n) is 5.79. The van der Waals surface area contributed by atoms with Crippen LogP contribution in [0.4, 0.5) is 0 Å². The van der Waals surface area contributed by atoms with Crippen molar-refractivity contribution < 1.29 is 19.1 Å². The molecule has 22 heavy (non-hydrogen) atoms. The van der Waals surface area contributed by atoms with E-state index in [1.807, 2.05) is 26.0 Å². The van der Waals surface area contributed by atoms with Crippen molar-refractivity contribution in [2.45, 2.75) is 26.7 Å². The Morgan fingerprint density at radius 1 is 1.14 bits per heavy atom. The van der Waals surface area contributed by atoms with E-state index in [4.69, 9.17) is 9.47 Å². The molecule has 0 spiro atoms. The maximum absolute atomic E-state index is 12.2. The molecule has 1 aliphatic heterocycles. The fourth-order valence-electron chi connectivity index (χ4n) is 2.78. The smallest absolute Gasteiger partial charge is 0.308 e. The average Bonchev–Trinajstić information content (AvgIpc) is 2.51. The number of likely N-dealkylation sites (tertiary alicyclic amines) is 1. The third-order valence-electron chi connectivity index (χ3n) is 3.94. The van der Waals surface area contributed by atoms with E-state index in [1.54, 1.807) is 4.90 Å². The molecule has 1 amide bonds. The Balaban J connectivity index is 1.82. The topological polar surface area (TPSA) is 55.8 Å². The van der Waals surface area contributed by atoms with Gasteiger partial charge in [-0.15, -0.1) is 0 Å². The van der Waals surface area contributed by atoms with Gasteiger partial charge in [-0.1, -0.05) is 6.07 Å². The van der Waals surface area contributed by atoms with Gasteiger partial charge in [0.15, 0.2) is 6.61 Å². The van der Waals surface area contributed by atoms with E-state index in [-0.39, 0.29) is 24.4 Å². The number of ether oxygens (including phenoxy) is 2. The summed E-state index contributed by atoms with van der Waals surface area (Å²) in [5.41, 5.74) is 2.22. The van der Waals surface area contributed by atoms with Crippen LogP contribution in [-0.2, 0) is 14.3 Å². The fourth-order valence-corrected chi connectivity index (χ4v) is 2.78.